The van der Waals surface area contributed by atoms with Gasteiger partial charge in [-0.25, -0.2) is 13.6 Å². The van der Waals surface area contributed by atoms with E-state index in [1.807, 2.05) is 0 Å². The number of carbonyl (C=O) groups excluding carboxylic acids is 1. The van der Waals surface area contributed by atoms with Crippen molar-refractivity contribution in [3.63, 3.8) is 0 Å². The van der Waals surface area contributed by atoms with E-state index in [-0.39, 0.29) is 11.1 Å². The van der Waals surface area contributed by atoms with E-state index < -0.39 is 23.2 Å². The van der Waals surface area contributed by atoms with Crippen LogP contribution in [0.15, 0.2) is 12.1 Å². The number of hydrogen-bond donors (Lipinski definition) is 1. The average molecular weight is 299 g/mol. The topological polar surface area (TPSA) is 47.6 Å². The van der Waals surface area contributed by atoms with Crippen LogP contribution in [0.25, 0.3) is 0 Å². The summed E-state index contributed by atoms with van der Waals surface area (Å²) in [7, 11) is 2.77. The fraction of sp³-hybridized carbons (Fsp3) is 0.533. The molecule has 0 aromatic heterocycles. The van der Waals surface area contributed by atoms with E-state index in [0.717, 1.165) is 26.4 Å². The van der Waals surface area contributed by atoms with E-state index in [1.165, 1.54) is 12.1 Å². The first kappa shape index (κ1) is 15.7. The molecule has 0 bridgehead atoms. The number of methoxy groups -OCH3 is 2. The Labute approximate surface area is 122 Å². The predicted molar refractivity (Wildman–Crippen MR) is 74.3 cm³/mol. The number of carbonyl (C=O) groups is 1. The van der Waals surface area contributed by atoms with Crippen molar-refractivity contribution in [3.8, 4) is 0 Å². The van der Waals surface area contributed by atoms with Crippen molar-refractivity contribution in [2.24, 2.45) is 5.41 Å². The Hall–Kier alpha value is -1.69. The Morgan fingerprint density at radius 3 is 2.57 bits per heavy atom. The van der Waals surface area contributed by atoms with Crippen LogP contribution < -0.4 is 5.32 Å². The van der Waals surface area contributed by atoms with Gasteiger partial charge in [0.25, 0.3) is 0 Å². The molecule has 1 aliphatic rings. The summed E-state index contributed by atoms with van der Waals surface area (Å²) in [4.78, 5) is 11.3. The van der Waals surface area contributed by atoms with Gasteiger partial charge in [0.05, 0.1) is 18.4 Å². The van der Waals surface area contributed by atoms with Crippen molar-refractivity contribution >= 4 is 11.7 Å². The molecule has 0 radical (unpaired) electrons. The lowest BCUT2D eigenvalue weighted by molar-refractivity contribution is 0.0594. The van der Waals surface area contributed by atoms with Gasteiger partial charge in [0, 0.05) is 20.3 Å². The zero-order valence-corrected chi connectivity index (χ0v) is 12.2. The number of anilines is 1. The first-order valence-corrected chi connectivity index (χ1v) is 6.82. The lowest BCUT2D eigenvalue weighted by atomic mass is 10.0. The second kappa shape index (κ2) is 6.39. The minimum absolute atomic E-state index is 0.0591. The Bertz CT molecular complexity index is 530. The summed E-state index contributed by atoms with van der Waals surface area (Å²) in [6.07, 6.45) is 2.99. The van der Waals surface area contributed by atoms with Crippen molar-refractivity contribution in [3.05, 3.63) is 29.3 Å². The summed E-state index contributed by atoms with van der Waals surface area (Å²) in [5.41, 5.74) is -0.232. The summed E-state index contributed by atoms with van der Waals surface area (Å²) in [6, 6.07) is 2.58. The number of rotatable bonds is 7. The van der Waals surface area contributed by atoms with Gasteiger partial charge in [0.15, 0.2) is 11.6 Å². The van der Waals surface area contributed by atoms with Crippen LogP contribution in [-0.4, -0.2) is 33.3 Å². The summed E-state index contributed by atoms with van der Waals surface area (Å²) in [5, 5.41) is 2.93. The molecule has 6 heteroatoms. The Balaban J connectivity index is 2.05. The van der Waals surface area contributed by atoms with Crippen LogP contribution in [0.1, 0.15) is 29.6 Å². The number of benzene rings is 1. The summed E-state index contributed by atoms with van der Waals surface area (Å²) in [6.45, 7) is 1.21. The molecule has 0 unspecified atom stereocenters. The Morgan fingerprint density at radius 2 is 2.00 bits per heavy atom. The molecule has 116 valence electrons. The van der Waals surface area contributed by atoms with Crippen LogP contribution >= 0.6 is 0 Å². The molecule has 1 fully saturated rings. The predicted octanol–water partition coefficient (Wildman–Crippen LogP) is 2.98. The number of ether oxygens (including phenoxy) is 2. The second-order valence-corrected chi connectivity index (χ2v) is 5.38. The molecule has 0 atom stereocenters. The number of esters is 1. The van der Waals surface area contributed by atoms with Crippen molar-refractivity contribution < 1.29 is 23.0 Å². The van der Waals surface area contributed by atoms with Crippen LogP contribution in [-0.2, 0) is 9.47 Å². The number of hydrogen-bond acceptors (Lipinski definition) is 4. The number of halogens is 2. The smallest absolute Gasteiger partial charge is 0.340 e. The first-order chi connectivity index (χ1) is 10.0. The highest BCUT2D eigenvalue weighted by Crippen LogP contribution is 2.48. The van der Waals surface area contributed by atoms with Crippen LogP contribution in [0.3, 0.4) is 0 Å². The van der Waals surface area contributed by atoms with Gasteiger partial charge < -0.3 is 14.8 Å². The molecule has 1 saturated carbocycles. The van der Waals surface area contributed by atoms with Crippen molar-refractivity contribution in [2.75, 3.05) is 32.7 Å². The van der Waals surface area contributed by atoms with Gasteiger partial charge >= 0.3 is 5.97 Å². The van der Waals surface area contributed by atoms with E-state index in [2.05, 4.69) is 10.1 Å². The van der Waals surface area contributed by atoms with Crippen molar-refractivity contribution in [2.45, 2.75) is 19.3 Å². The maximum Gasteiger partial charge on any atom is 0.340 e. The first-order valence-electron chi connectivity index (χ1n) is 6.82. The fourth-order valence-corrected chi connectivity index (χ4v) is 2.25. The summed E-state index contributed by atoms with van der Waals surface area (Å²) >= 11 is 0. The highest BCUT2D eigenvalue weighted by atomic mass is 19.2. The molecule has 0 spiro atoms. The summed E-state index contributed by atoms with van der Waals surface area (Å²) < 4.78 is 37.2. The normalized spacial score (nSPS) is 15.6. The maximum atomic E-state index is 13.9. The van der Waals surface area contributed by atoms with E-state index in [4.69, 9.17) is 4.74 Å². The van der Waals surface area contributed by atoms with Crippen molar-refractivity contribution in [1.29, 1.82) is 0 Å². The molecule has 4 nitrogen and oxygen atoms in total. The Kier molecular flexibility index (Phi) is 4.77. The van der Waals surface area contributed by atoms with Crippen molar-refractivity contribution in [1.82, 2.24) is 0 Å². The third-order valence-corrected chi connectivity index (χ3v) is 3.94. The third-order valence-electron chi connectivity index (χ3n) is 3.94. The van der Waals surface area contributed by atoms with Gasteiger partial charge in [-0.15, -0.1) is 0 Å². The van der Waals surface area contributed by atoms with Gasteiger partial charge in [-0.2, -0.15) is 0 Å². The van der Waals surface area contributed by atoms with Crippen LogP contribution in [0.4, 0.5) is 14.5 Å². The van der Waals surface area contributed by atoms with Gasteiger partial charge in [-0.05, 0) is 36.8 Å². The lowest BCUT2D eigenvalue weighted by Gasteiger charge is -2.17. The van der Waals surface area contributed by atoms with E-state index in [9.17, 15) is 13.6 Å². The SMILES string of the molecule is COCCC1(CNc2ccc(C(=O)OC)c(F)c2F)CC1. The zero-order chi connectivity index (χ0) is 15.5. The van der Waals surface area contributed by atoms with Crippen LogP contribution in [0.2, 0.25) is 0 Å². The maximum absolute atomic E-state index is 13.9. The zero-order valence-electron chi connectivity index (χ0n) is 12.2. The summed E-state index contributed by atoms with van der Waals surface area (Å²) in [5.74, 6) is -3.13. The average Bonchev–Trinajstić information content (AvgIpc) is 3.26. The van der Waals surface area contributed by atoms with Crippen LogP contribution in [0.5, 0.6) is 0 Å². The van der Waals surface area contributed by atoms with E-state index >= 15 is 0 Å². The monoisotopic (exact) mass is 299 g/mol. The van der Waals surface area contributed by atoms with Gasteiger partial charge in [-0.3, -0.25) is 0 Å². The third kappa shape index (κ3) is 3.50. The van der Waals surface area contributed by atoms with E-state index in [1.54, 1.807) is 7.11 Å². The highest BCUT2D eigenvalue weighted by molar-refractivity contribution is 5.90. The molecule has 1 aliphatic carbocycles. The largest absolute Gasteiger partial charge is 0.465 e. The molecule has 21 heavy (non-hydrogen) atoms. The molecule has 0 heterocycles. The highest BCUT2D eigenvalue weighted by Gasteiger charge is 2.41. The van der Waals surface area contributed by atoms with E-state index in [0.29, 0.717) is 13.2 Å². The molecule has 0 saturated heterocycles. The Morgan fingerprint density at radius 1 is 1.29 bits per heavy atom. The molecule has 0 aliphatic heterocycles. The minimum atomic E-state index is -1.19. The lowest BCUT2D eigenvalue weighted by Crippen LogP contribution is -2.18. The minimum Gasteiger partial charge on any atom is -0.465 e. The second-order valence-electron chi connectivity index (χ2n) is 5.38. The quantitative estimate of drug-likeness (QED) is 0.786. The molecule has 1 aromatic rings. The van der Waals surface area contributed by atoms with Gasteiger partial charge in [0.1, 0.15) is 0 Å². The van der Waals surface area contributed by atoms with Crippen LogP contribution in [0, 0.1) is 17.0 Å². The molecule has 1 aromatic carbocycles. The molecule has 1 N–H and O–H groups in total. The fourth-order valence-electron chi connectivity index (χ4n) is 2.25. The standard InChI is InChI=1S/C15H19F2NO3/c1-20-8-7-15(5-6-15)9-18-11-4-3-10(14(19)21-2)12(16)13(11)17/h3-4,18H,5-9H2,1-2H3. The van der Waals surface area contributed by atoms with Gasteiger partial charge in [-0.1, -0.05) is 0 Å². The molecule has 2 rings (SSSR count). The molecular formula is C15H19F2NO3. The molecular weight excluding hydrogens is 280 g/mol. The number of nitrogens with one attached hydrogen (secondary N) is 1. The van der Waals surface area contributed by atoms with Gasteiger partial charge in [0.2, 0.25) is 0 Å². The molecule has 0 amide bonds.